The van der Waals surface area contributed by atoms with Crippen LogP contribution in [0.3, 0.4) is 0 Å². The second-order valence-electron chi connectivity index (χ2n) is 5.85. The van der Waals surface area contributed by atoms with E-state index in [0.29, 0.717) is 5.92 Å². The molecule has 0 aliphatic heterocycles. The molecule has 1 aliphatic carbocycles. The molecule has 0 aromatic carbocycles. The van der Waals surface area contributed by atoms with Gasteiger partial charge >= 0.3 is 0 Å². The van der Waals surface area contributed by atoms with Gasteiger partial charge in [0.25, 0.3) is 0 Å². The van der Waals surface area contributed by atoms with Crippen LogP contribution < -0.4 is 0 Å². The van der Waals surface area contributed by atoms with Gasteiger partial charge in [0.15, 0.2) is 0 Å². The predicted molar refractivity (Wildman–Crippen MR) is 75.1 cm³/mol. The molecule has 17 heavy (non-hydrogen) atoms. The number of hydrogen-bond donors (Lipinski definition) is 1. The molecular formula is C16H30O. The molecule has 0 saturated heterocycles. The van der Waals surface area contributed by atoms with Crippen LogP contribution in [0, 0.1) is 5.92 Å². The molecule has 1 rings (SSSR count). The van der Waals surface area contributed by atoms with Crippen molar-refractivity contribution in [1.82, 2.24) is 0 Å². The lowest BCUT2D eigenvalue weighted by Crippen LogP contribution is -2.29. The summed E-state index contributed by atoms with van der Waals surface area (Å²) in [6, 6.07) is 0. The Labute approximate surface area is 107 Å². The maximum atomic E-state index is 10.3. The highest BCUT2D eigenvalue weighted by Gasteiger charge is 2.26. The van der Waals surface area contributed by atoms with E-state index in [9.17, 15) is 5.11 Å². The van der Waals surface area contributed by atoms with Crippen molar-refractivity contribution in [3.05, 3.63) is 12.2 Å². The molecule has 2 atom stereocenters. The third-order valence-electron chi connectivity index (χ3n) is 3.98. The first-order valence-corrected chi connectivity index (χ1v) is 7.58. The fraction of sp³-hybridized carbons (Fsp3) is 0.875. The van der Waals surface area contributed by atoms with Crippen LogP contribution in [-0.2, 0) is 0 Å². The van der Waals surface area contributed by atoms with Gasteiger partial charge in [0.2, 0.25) is 0 Å². The number of aliphatic hydroxyl groups is 1. The summed E-state index contributed by atoms with van der Waals surface area (Å²) in [5, 5.41) is 10.3. The maximum Gasteiger partial charge on any atom is 0.0828 e. The fourth-order valence-electron chi connectivity index (χ4n) is 2.60. The van der Waals surface area contributed by atoms with Gasteiger partial charge in [-0.05, 0) is 25.2 Å². The van der Waals surface area contributed by atoms with Crippen LogP contribution in [0.25, 0.3) is 0 Å². The Hall–Kier alpha value is -0.300. The van der Waals surface area contributed by atoms with Crippen LogP contribution in [0.5, 0.6) is 0 Å². The van der Waals surface area contributed by atoms with Crippen LogP contribution in [0.2, 0.25) is 0 Å². The van der Waals surface area contributed by atoms with Gasteiger partial charge < -0.3 is 5.11 Å². The van der Waals surface area contributed by atoms with E-state index in [2.05, 4.69) is 26.0 Å². The third kappa shape index (κ3) is 6.26. The van der Waals surface area contributed by atoms with Crippen LogP contribution in [0.4, 0.5) is 0 Å². The Morgan fingerprint density at radius 1 is 1.12 bits per heavy atom. The molecule has 1 heteroatoms. The SMILES string of the molecule is CCCCCCCCC[C@@]1(O)C=C[C@H](C)CC1. The molecule has 0 spiro atoms. The summed E-state index contributed by atoms with van der Waals surface area (Å²) < 4.78 is 0. The monoisotopic (exact) mass is 238 g/mol. The van der Waals surface area contributed by atoms with E-state index >= 15 is 0 Å². The van der Waals surface area contributed by atoms with Gasteiger partial charge in [-0.25, -0.2) is 0 Å². The van der Waals surface area contributed by atoms with Crippen molar-refractivity contribution in [2.75, 3.05) is 0 Å². The highest BCUT2D eigenvalue weighted by Crippen LogP contribution is 2.30. The van der Waals surface area contributed by atoms with Gasteiger partial charge in [0.05, 0.1) is 5.60 Å². The number of hydrogen-bond acceptors (Lipinski definition) is 1. The van der Waals surface area contributed by atoms with Crippen LogP contribution >= 0.6 is 0 Å². The van der Waals surface area contributed by atoms with Gasteiger partial charge in [0.1, 0.15) is 0 Å². The minimum absolute atomic E-state index is 0.476. The Balaban J connectivity index is 2.04. The van der Waals surface area contributed by atoms with E-state index in [0.717, 1.165) is 19.3 Å². The number of allylic oxidation sites excluding steroid dienone is 1. The van der Waals surface area contributed by atoms with Crippen LogP contribution in [0.15, 0.2) is 12.2 Å². The van der Waals surface area contributed by atoms with E-state index in [-0.39, 0.29) is 0 Å². The number of rotatable bonds is 8. The average molecular weight is 238 g/mol. The van der Waals surface area contributed by atoms with Crippen molar-refractivity contribution in [2.24, 2.45) is 5.92 Å². The molecule has 0 aromatic heterocycles. The lowest BCUT2D eigenvalue weighted by Gasteiger charge is -2.29. The summed E-state index contributed by atoms with van der Waals surface area (Å²) in [6.07, 6.45) is 16.6. The van der Waals surface area contributed by atoms with Crippen molar-refractivity contribution in [3.8, 4) is 0 Å². The molecule has 0 radical (unpaired) electrons. The zero-order valence-electron chi connectivity index (χ0n) is 11.8. The first-order chi connectivity index (χ1) is 8.16. The molecule has 0 fully saturated rings. The average Bonchev–Trinajstić information content (AvgIpc) is 2.32. The fourth-order valence-corrected chi connectivity index (χ4v) is 2.60. The highest BCUT2D eigenvalue weighted by atomic mass is 16.3. The molecular weight excluding hydrogens is 208 g/mol. The second-order valence-corrected chi connectivity index (χ2v) is 5.85. The first-order valence-electron chi connectivity index (χ1n) is 7.58. The van der Waals surface area contributed by atoms with E-state index in [1.165, 1.54) is 44.9 Å². The standard InChI is InChI=1S/C16H30O/c1-3-4-5-6-7-8-9-12-16(17)13-10-15(2)11-14-16/h10,13,15,17H,3-9,11-12,14H2,1-2H3/t15-,16+/m0/s1. The lowest BCUT2D eigenvalue weighted by molar-refractivity contribution is 0.0580. The van der Waals surface area contributed by atoms with Crippen molar-refractivity contribution in [1.29, 1.82) is 0 Å². The molecule has 0 heterocycles. The molecule has 1 aliphatic rings. The van der Waals surface area contributed by atoms with E-state index < -0.39 is 5.60 Å². The minimum atomic E-state index is -0.476. The first kappa shape index (κ1) is 14.8. The summed E-state index contributed by atoms with van der Waals surface area (Å²) in [7, 11) is 0. The zero-order chi connectivity index (χ0) is 12.6. The van der Waals surface area contributed by atoms with Gasteiger partial charge in [-0.3, -0.25) is 0 Å². The molecule has 0 amide bonds. The van der Waals surface area contributed by atoms with E-state index in [1.54, 1.807) is 0 Å². The minimum Gasteiger partial charge on any atom is -0.386 e. The van der Waals surface area contributed by atoms with Gasteiger partial charge in [0, 0.05) is 0 Å². The molecule has 0 bridgehead atoms. The lowest BCUT2D eigenvalue weighted by atomic mass is 9.82. The van der Waals surface area contributed by atoms with Crippen molar-refractivity contribution < 1.29 is 5.11 Å². The van der Waals surface area contributed by atoms with Crippen molar-refractivity contribution in [2.45, 2.75) is 83.7 Å². The summed E-state index contributed by atoms with van der Waals surface area (Å²) in [4.78, 5) is 0. The molecule has 1 nitrogen and oxygen atoms in total. The smallest absolute Gasteiger partial charge is 0.0828 e. The third-order valence-corrected chi connectivity index (χ3v) is 3.98. The van der Waals surface area contributed by atoms with Gasteiger partial charge in [-0.15, -0.1) is 0 Å². The van der Waals surface area contributed by atoms with Crippen LogP contribution in [0.1, 0.15) is 78.1 Å². The molecule has 0 saturated carbocycles. The molecule has 0 unspecified atom stereocenters. The summed E-state index contributed by atoms with van der Waals surface area (Å²) >= 11 is 0. The Bertz CT molecular complexity index is 222. The van der Waals surface area contributed by atoms with E-state index in [4.69, 9.17) is 0 Å². The van der Waals surface area contributed by atoms with Crippen LogP contribution in [-0.4, -0.2) is 10.7 Å². The molecule has 100 valence electrons. The van der Waals surface area contributed by atoms with Gasteiger partial charge in [-0.1, -0.05) is 70.9 Å². The summed E-state index contributed by atoms with van der Waals surface area (Å²) in [5.41, 5.74) is -0.476. The summed E-state index contributed by atoms with van der Waals surface area (Å²) in [5.74, 6) is 0.657. The van der Waals surface area contributed by atoms with Crippen molar-refractivity contribution >= 4 is 0 Å². The van der Waals surface area contributed by atoms with Gasteiger partial charge in [-0.2, -0.15) is 0 Å². The predicted octanol–water partition coefficient (Wildman–Crippen LogP) is 4.84. The molecule has 1 N–H and O–H groups in total. The Kier molecular flexibility index (Phi) is 6.87. The quantitative estimate of drug-likeness (QED) is 0.473. The normalized spacial score (nSPS) is 28.5. The number of unbranched alkanes of at least 4 members (excludes halogenated alkanes) is 6. The second kappa shape index (κ2) is 7.92. The highest BCUT2D eigenvalue weighted by molar-refractivity contribution is 5.06. The molecule has 0 aromatic rings. The van der Waals surface area contributed by atoms with E-state index in [1.807, 2.05) is 0 Å². The van der Waals surface area contributed by atoms with Crippen molar-refractivity contribution in [3.63, 3.8) is 0 Å². The Morgan fingerprint density at radius 2 is 1.76 bits per heavy atom. The largest absolute Gasteiger partial charge is 0.386 e. The topological polar surface area (TPSA) is 20.2 Å². The summed E-state index contributed by atoms with van der Waals surface area (Å²) in [6.45, 7) is 4.48. The Morgan fingerprint density at radius 3 is 2.35 bits per heavy atom. The zero-order valence-corrected chi connectivity index (χ0v) is 11.8. The maximum absolute atomic E-state index is 10.3.